The third-order valence-electron chi connectivity index (χ3n) is 4.78. The van der Waals surface area contributed by atoms with E-state index in [0.717, 1.165) is 43.4 Å². The fourth-order valence-electron chi connectivity index (χ4n) is 3.35. The van der Waals surface area contributed by atoms with Gasteiger partial charge in [-0.25, -0.2) is 4.79 Å². The molecule has 2 N–H and O–H groups in total. The molecule has 0 aliphatic carbocycles. The van der Waals surface area contributed by atoms with Crippen LogP contribution in [0.3, 0.4) is 0 Å². The molecule has 2 amide bonds. The van der Waals surface area contributed by atoms with Crippen LogP contribution in [0, 0.1) is 0 Å². The summed E-state index contributed by atoms with van der Waals surface area (Å²) < 4.78 is 0. The lowest BCUT2D eigenvalue weighted by Gasteiger charge is -2.27. The molecule has 1 aliphatic rings. The summed E-state index contributed by atoms with van der Waals surface area (Å²) in [5.41, 5.74) is 2.31. The Bertz CT molecular complexity index is 688. The van der Waals surface area contributed by atoms with Crippen LogP contribution in [-0.2, 0) is 6.42 Å². The Hall–Kier alpha value is -2.56. The van der Waals surface area contributed by atoms with Crippen LogP contribution >= 0.6 is 0 Å². The van der Waals surface area contributed by atoms with Crippen molar-refractivity contribution in [1.82, 2.24) is 15.2 Å². The summed E-state index contributed by atoms with van der Waals surface area (Å²) >= 11 is 0. The molecule has 0 saturated carbocycles. The third-order valence-corrected chi connectivity index (χ3v) is 4.78. The lowest BCUT2D eigenvalue weighted by atomic mass is 10.1. The van der Waals surface area contributed by atoms with Crippen LogP contribution in [0.1, 0.15) is 43.4 Å². The van der Waals surface area contributed by atoms with E-state index in [2.05, 4.69) is 10.3 Å². The molecule has 132 valence electrons. The number of nitrogens with one attached hydrogen (secondary N) is 1. The van der Waals surface area contributed by atoms with Gasteiger partial charge in [0, 0.05) is 25.0 Å². The lowest BCUT2D eigenvalue weighted by molar-refractivity contribution is 0.189. The zero-order valence-corrected chi connectivity index (χ0v) is 14.6. The van der Waals surface area contributed by atoms with E-state index in [1.807, 2.05) is 36.1 Å². The summed E-state index contributed by atoms with van der Waals surface area (Å²) in [6, 6.07) is 11.5. The Morgan fingerprint density at radius 3 is 2.72 bits per heavy atom. The van der Waals surface area contributed by atoms with Gasteiger partial charge in [-0.15, -0.1) is 0 Å². The summed E-state index contributed by atoms with van der Waals surface area (Å²) in [4.78, 5) is 18.7. The first-order chi connectivity index (χ1) is 12.1. The van der Waals surface area contributed by atoms with Crippen LogP contribution in [0.4, 0.5) is 4.79 Å². The maximum Gasteiger partial charge on any atom is 0.318 e. The number of pyridine rings is 1. The molecule has 1 aliphatic heterocycles. The number of aromatic nitrogens is 1. The van der Waals surface area contributed by atoms with Crippen molar-refractivity contribution in [3.05, 3.63) is 59.9 Å². The van der Waals surface area contributed by atoms with E-state index >= 15 is 0 Å². The number of nitrogens with zero attached hydrogens (tertiary/aromatic N) is 2. The first-order valence-electron chi connectivity index (χ1n) is 8.88. The zero-order valence-electron chi connectivity index (χ0n) is 14.6. The molecule has 2 atom stereocenters. The normalized spacial score (nSPS) is 18.1. The second kappa shape index (κ2) is 8.01. The van der Waals surface area contributed by atoms with E-state index in [1.54, 1.807) is 24.5 Å². The van der Waals surface area contributed by atoms with Crippen molar-refractivity contribution in [2.45, 2.75) is 44.7 Å². The molecule has 1 aromatic heterocycles. The number of amides is 2. The third kappa shape index (κ3) is 4.50. The van der Waals surface area contributed by atoms with Crippen LogP contribution in [0.25, 0.3) is 0 Å². The van der Waals surface area contributed by atoms with E-state index in [0.29, 0.717) is 0 Å². The number of carbonyl (C=O) groups excluding carboxylic acids is 1. The van der Waals surface area contributed by atoms with Crippen molar-refractivity contribution >= 4 is 6.03 Å². The van der Waals surface area contributed by atoms with Gasteiger partial charge in [-0.3, -0.25) is 4.98 Å². The quantitative estimate of drug-likeness (QED) is 0.874. The van der Waals surface area contributed by atoms with E-state index in [1.165, 1.54) is 0 Å². The van der Waals surface area contributed by atoms with Gasteiger partial charge < -0.3 is 15.3 Å². The van der Waals surface area contributed by atoms with Gasteiger partial charge in [-0.1, -0.05) is 12.1 Å². The first kappa shape index (κ1) is 17.3. The smallest absolute Gasteiger partial charge is 0.318 e. The Morgan fingerprint density at radius 2 is 2.00 bits per heavy atom. The van der Waals surface area contributed by atoms with Crippen molar-refractivity contribution in [3.8, 4) is 5.75 Å². The average molecular weight is 339 g/mol. The standard InChI is InChI=1S/C20H25N3O2/c1-15(4-5-16-6-8-18(24)9-7-16)22-20(25)23-14-2-3-19(23)17-10-12-21-13-11-17/h6-13,15,19,24H,2-5,14H2,1H3,(H,22,25)/t15-,19-/m0/s1. The number of carbonyl (C=O) groups is 1. The number of hydrogen-bond acceptors (Lipinski definition) is 3. The molecule has 1 fully saturated rings. The fraction of sp³-hybridized carbons (Fsp3) is 0.400. The van der Waals surface area contributed by atoms with Gasteiger partial charge in [0.1, 0.15) is 5.75 Å². The predicted octanol–water partition coefficient (Wildman–Crippen LogP) is 3.66. The summed E-state index contributed by atoms with van der Waals surface area (Å²) in [6.45, 7) is 2.83. The molecule has 0 unspecified atom stereocenters. The highest BCUT2D eigenvalue weighted by Gasteiger charge is 2.30. The highest BCUT2D eigenvalue weighted by molar-refractivity contribution is 5.75. The summed E-state index contributed by atoms with van der Waals surface area (Å²) in [5, 5.41) is 12.5. The highest BCUT2D eigenvalue weighted by Crippen LogP contribution is 2.31. The van der Waals surface area contributed by atoms with E-state index in [-0.39, 0.29) is 23.9 Å². The fourth-order valence-corrected chi connectivity index (χ4v) is 3.35. The molecular formula is C20H25N3O2. The van der Waals surface area contributed by atoms with E-state index in [9.17, 15) is 9.90 Å². The van der Waals surface area contributed by atoms with Gasteiger partial charge in [-0.05, 0) is 68.0 Å². The monoisotopic (exact) mass is 339 g/mol. The van der Waals surface area contributed by atoms with Crippen LogP contribution in [0.2, 0.25) is 0 Å². The Balaban J connectivity index is 1.53. The molecule has 1 saturated heterocycles. The first-order valence-corrected chi connectivity index (χ1v) is 8.88. The van der Waals surface area contributed by atoms with Crippen LogP contribution < -0.4 is 5.32 Å². The largest absolute Gasteiger partial charge is 0.508 e. The van der Waals surface area contributed by atoms with Gasteiger partial charge in [0.15, 0.2) is 0 Å². The highest BCUT2D eigenvalue weighted by atomic mass is 16.3. The molecule has 0 spiro atoms. The molecular weight excluding hydrogens is 314 g/mol. The van der Waals surface area contributed by atoms with Gasteiger partial charge in [0.2, 0.25) is 0 Å². The number of benzene rings is 1. The number of likely N-dealkylation sites (tertiary alicyclic amines) is 1. The van der Waals surface area contributed by atoms with Crippen molar-refractivity contribution in [2.75, 3.05) is 6.54 Å². The second-order valence-corrected chi connectivity index (χ2v) is 6.69. The topological polar surface area (TPSA) is 65.5 Å². The minimum atomic E-state index is 0.0116. The minimum absolute atomic E-state index is 0.0116. The second-order valence-electron chi connectivity index (χ2n) is 6.69. The SMILES string of the molecule is C[C@@H](CCc1ccc(O)cc1)NC(=O)N1CCC[C@H]1c1ccncc1. The number of urea groups is 1. The summed E-state index contributed by atoms with van der Waals surface area (Å²) in [5.74, 6) is 0.279. The number of aryl methyl sites for hydroxylation is 1. The van der Waals surface area contributed by atoms with E-state index in [4.69, 9.17) is 0 Å². The van der Waals surface area contributed by atoms with Gasteiger partial charge in [-0.2, -0.15) is 0 Å². The number of phenols is 1. The average Bonchev–Trinajstić information content (AvgIpc) is 3.12. The number of hydrogen-bond donors (Lipinski definition) is 2. The van der Waals surface area contributed by atoms with E-state index < -0.39 is 0 Å². The Labute approximate surface area is 148 Å². The summed E-state index contributed by atoms with van der Waals surface area (Å²) in [6.07, 6.45) is 7.33. The molecule has 2 heterocycles. The van der Waals surface area contributed by atoms with Crippen LogP contribution in [0.15, 0.2) is 48.8 Å². The predicted molar refractivity (Wildman–Crippen MR) is 97.3 cm³/mol. The number of phenolic OH excluding ortho intramolecular Hbond substituents is 1. The van der Waals surface area contributed by atoms with Crippen LogP contribution in [0.5, 0.6) is 5.75 Å². The number of rotatable bonds is 5. The maximum absolute atomic E-state index is 12.7. The van der Waals surface area contributed by atoms with Crippen molar-refractivity contribution < 1.29 is 9.90 Å². The Kier molecular flexibility index (Phi) is 5.53. The number of aromatic hydroxyl groups is 1. The molecule has 0 radical (unpaired) electrons. The molecule has 5 heteroatoms. The van der Waals surface area contributed by atoms with Crippen molar-refractivity contribution in [1.29, 1.82) is 0 Å². The van der Waals surface area contributed by atoms with Crippen molar-refractivity contribution in [3.63, 3.8) is 0 Å². The summed E-state index contributed by atoms with van der Waals surface area (Å²) in [7, 11) is 0. The zero-order chi connectivity index (χ0) is 17.6. The molecule has 1 aromatic carbocycles. The maximum atomic E-state index is 12.7. The van der Waals surface area contributed by atoms with Gasteiger partial charge >= 0.3 is 6.03 Å². The van der Waals surface area contributed by atoms with Crippen molar-refractivity contribution in [2.24, 2.45) is 0 Å². The molecule has 25 heavy (non-hydrogen) atoms. The van der Waals surface area contributed by atoms with Gasteiger partial charge in [0.05, 0.1) is 6.04 Å². The van der Waals surface area contributed by atoms with Gasteiger partial charge in [0.25, 0.3) is 0 Å². The Morgan fingerprint density at radius 1 is 1.28 bits per heavy atom. The molecule has 5 nitrogen and oxygen atoms in total. The minimum Gasteiger partial charge on any atom is -0.508 e. The molecule has 3 rings (SSSR count). The molecule has 2 aromatic rings. The lowest BCUT2D eigenvalue weighted by Crippen LogP contribution is -2.43. The molecule has 0 bridgehead atoms. The van der Waals surface area contributed by atoms with Crippen LogP contribution in [-0.4, -0.2) is 33.6 Å².